The van der Waals surface area contributed by atoms with Crippen LogP contribution in [0.1, 0.15) is 27.7 Å². The van der Waals surface area contributed by atoms with Crippen LogP contribution in [0.25, 0.3) is 0 Å². The minimum absolute atomic E-state index is 0.0869. The monoisotopic (exact) mass is 237 g/mol. The Morgan fingerprint density at radius 1 is 1.35 bits per heavy atom. The zero-order chi connectivity index (χ0) is 13.1. The second kappa shape index (κ2) is 4.99. The molecule has 6 heteroatoms. The van der Waals surface area contributed by atoms with Crippen molar-refractivity contribution in [3.8, 4) is 0 Å². The molecule has 0 spiro atoms. The summed E-state index contributed by atoms with van der Waals surface area (Å²) < 4.78 is 0. The van der Waals surface area contributed by atoms with Gasteiger partial charge in [-0.25, -0.2) is 0 Å². The minimum atomic E-state index is -0.382. The molecule has 0 fully saturated rings. The van der Waals surface area contributed by atoms with Gasteiger partial charge in [0.05, 0.1) is 0 Å². The van der Waals surface area contributed by atoms with Crippen molar-refractivity contribution in [2.75, 3.05) is 11.1 Å². The smallest absolute Gasteiger partial charge is 0.242 e. The molecule has 1 heterocycles. The van der Waals surface area contributed by atoms with E-state index in [2.05, 4.69) is 20.8 Å². The van der Waals surface area contributed by atoms with Crippen molar-refractivity contribution in [1.29, 1.82) is 0 Å². The Labute approximate surface area is 101 Å². The first-order valence-corrected chi connectivity index (χ1v) is 5.46. The number of carbonyl (C=O) groups excluding carboxylic acids is 1. The molecule has 0 radical (unpaired) electrons. The van der Waals surface area contributed by atoms with Gasteiger partial charge in [-0.05, 0) is 39.8 Å². The van der Waals surface area contributed by atoms with Crippen LogP contribution >= 0.6 is 0 Å². The summed E-state index contributed by atoms with van der Waals surface area (Å²) in [6, 6.07) is 2.93. The Bertz CT molecular complexity index is 382. The van der Waals surface area contributed by atoms with Crippen LogP contribution in [0.4, 0.5) is 11.6 Å². The van der Waals surface area contributed by atoms with Gasteiger partial charge in [0.1, 0.15) is 17.7 Å². The number of nitrogens with two attached hydrogens (primary N) is 1. The van der Waals surface area contributed by atoms with Gasteiger partial charge in [0.2, 0.25) is 5.91 Å². The molecule has 17 heavy (non-hydrogen) atoms. The molecule has 0 aromatic carbocycles. The molecule has 1 unspecified atom stereocenters. The maximum absolute atomic E-state index is 11.8. The predicted octanol–water partition coefficient (Wildman–Crippen LogP) is 0.774. The van der Waals surface area contributed by atoms with Gasteiger partial charge in [-0.2, -0.15) is 0 Å². The van der Waals surface area contributed by atoms with E-state index in [4.69, 9.17) is 5.73 Å². The third kappa shape index (κ3) is 4.67. The van der Waals surface area contributed by atoms with Crippen molar-refractivity contribution in [2.45, 2.75) is 39.3 Å². The molecule has 0 aliphatic carbocycles. The van der Waals surface area contributed by atoms with E-state index in [-0.39, 0.29) is 17.5 Å². The topological polar surface area (TPSA) is 92.9 Å². The highest BCUT2D eigenvalue weighted by atomic mass is 16.2. The van der Waals surface area contributed by atoms with E-state index >= 15 is 0 Å². The van der Waals surface area contributed by atoms with Crippen LogP contribution in [-0.4, -0.2) is 27.7 Å². The highest BCUT2D eigenvalue weighted by Gasteiger charge is 2.19. The summed E-state index contributed by atoms with van der Waals surface area (Å²) >= 11 is 0. The lowest BCUT2D eigenvalue weighted by molar-refractivity contribution is -0.122. The molecule has 0 saturated carbocycles. The molecule has 1 atom stereocenters. The summed E-state index contributed by atoms with van der Waals surface area (Å²) in [5.41, 5.74) is 5.17. The maximum atomic E-state index is 11.8. The van der Waals surface area contributed by atoms with Gasteiger partial charge in [-0.15, -0.1) is 10.2 Å². The molecule has 1 amide bonds. The minimum Gasteiger partial charge on any atom is -0.382 e. The summed E-state index contributed by atoms with van der Waals surface area (Å²) in [7, 11) is 0. The standard InChI is InChI=1S/C11H19N5O/c1-7(10(17)14-11(2,3)4)13-9-6-5-8(12)15-16-9/h5-7H,1-4H3,(H2,12,15)(H,13,16)(H,14,17). The summed E-state index contributed by atoms with van der Waals surface area (Å²) in [5.74, 6) is 0.786. The van der Waals surface area contributed by atoms with Crippen LogP contribution in [0.5, 0.6) is 0 Å². The second-order valence-electron chi connectivity index (χ2n) is 4.95. The quantitative estimate of drug-likeness (QED) is 0.722. The molecular formula is C11H19N5O. The van der Waals surface area contributed by atoms with Crippen molar-refractivity contribution in [1.82, 2.24) is 15.5 Å². The largest absolute Gasteiger partial charge is 0.382 e. The number of carbonyl (C=O) groups is 1. The lowest BCUT2D eigenvalue weighted by Crippen LogP contribution is -2.47. The molecule has 0 saturated heterocycles. The summed E-state index contributed by atoms with van der Waals surface area (Å²) in [5, 5.41) is 13.4. The molecule has 0 aliphatic rings. The van der Waals surface area contributed by atoms with E-state index in [0.29, 0.717) is 11.6 Å². The van der Waals surface area contributed by atoms with E-state index < -0.39 is 0 Å². The molecular weight excluding hydrogens is 218 g/mol. The van der Waals surface area contributed by atoms with Crippen molar-refractivity contribution in [2.24, 2.45) is 0 Å². The molecule has 6 nitrogen and oxygen atoms in total. The SMILES string of the molecule is CC(Nc1ccc(N)nn1)C(=O)NC(C)(C)C. The Balaban J connectivity index is 2.57. The predicted molar refractivity (Wildman–Crippen MR) is 67.4 cm³/mol. The first-order valence-electron chi connectivity index (χ1n) is 5.46. The molecule has 1 aromatic rings. The fourth-order valence-corrected chi connectivity index (χ4v) is 1.18. The first kappa shape index (κ1) is 13.2. The summed E-state index contributed by atoms with van der Waals surface area (Å²) in [6.07, 6.45) is 0. The molecule has 4 N–H and O–H groups in total. The van der Waals surface area contributed by atoms with Gasteiger partial charge in [0.25, 0.3) is 0 Å². The van der Waals surface area contributed by atoms with E-state index in [1.165, 1.54) is 0 Å². The number of nitrogens with zero attached hydrogens (tertiary/aromatic N) is 2. The summed E-state index contributed by atoms with van der Waals surface area (Å²) in [4.78, 5) is 11.8. The summed E-state index contributed by atoms with van der Waals surface area (Å²) in [6.45, 7) is 7.56. The maximum Gasteiger partial charge on any atom is 0.242 e. The number of hydrogen-bond donors (Lipinski definition) is 3. The fraction of sp³-hybridized carbons (Fsp3) is 0.545. The Morgan fingerprint density at radius 2 is 2.00 bits per heavy atom. The van der Waals surface area contributed by atoms with Crippen LogP contribution < -0.4 is 16.4 Å². The van der Waals surface area contributed by atoms with Gasteiger partial charge < -0.3 is 16.4 Å². The van der Waals surface area contributed by atoms with Crippen molar-refractivity contribution in [3.63, 3.8) is 0 Å². The van der Waals surface area contributed by atoms with Crippen molar-refractivity contribution >= 4 is 17.5 Å². The molecule has 0 bridgehead atoms. The van der Waals surface area contributed by atoms with Gasteiger partial charge >= 0.3 is 0 Å². The number of anilines is 2. The number of hydrogen-bond acceptors (Lipinski definition) is 5. The highest BCUT2D eigenvalue weighted by molar-refractivity contribution is 5.84. The number of rotatable bonds is 3. The zero-order valence-corrected chi connectivity index (χ0v) is 10.6. The van der Waals surface area contributed by atoms with Gasteiger partial charge in [0, 0.05) is 5.54 Å². The highest BCUT2D eigenvalue weighted by Crippen LogP contribution is 2.06. The lowest BCUT2D eigenvalue weighted by Gasteiger charge is -2.23. The van der Waals surface area contributed by atoms with E-state index in [0.717, 1.165) is 0 Å². The average Bonchev–Trinajstić information content (AvgIpc) is 2.19. The first-order chi connectivity index (χ1) is 7.78. The van der Waals surface area contributed by atoms with E-state index in [1.807, 2.05) is 20.8 Å². The number of nitrogens with one attached hydrogen (secondary N) is 2. The van der Waals surface area contributed by atoms with E-state index in [9.17, 15) is 4.79 Å². The normalized spacial score (nSPS) is 12.9. The number of aromatic nitrogens is 2. The fourth-order valence-electron chi connectivity index (χ4n) is 1.18. The van der Waals surface area contributed by atoms with Gasteiger partial charge in [0.15, 0.2) is 0 Å². The Morgan fingerprint density at radius 3 is 2.47 bits per heavy atom. The molecule has 0 aliphatic heterocycles. The molecule has 1 rings (SSSR count). The average molecular weight is 237 g/mol. The van der Waals surface area contributed by atoms with Crippen LogP contribution in [0, 0.1) is 0 Å². The molecule has 1 aromatic heterocycles. The Kier molecular flexibility index (Phi) is 3.88. The third-order valence-electron chi connectivity index (χ3n) is 1.94. The van der Waals surface area contributed by atoms with Crippen molar-refractivity contribution in [3.05, 3.63) is 12.1 Å². The third-order valence-corrected chi connectivity index (χ3v) is 1.94. The van der Waals surface area contributed by atoms with Crippen LogP contribution in [0.3, 0.4) is 0 Å². The van der Waals surface area contributed by atoms with Crippen LogP contribution in [0.2, 0.25) is 0 Å². The zero-order valence-electron chi connectivity index (χ0n) is 10.6. The van der Waals surface area contributed by atoms with Gasteiger partial charge in [-0.3, -0.25) is 4.79 Å². The van der Waals surface area contributed by atoms with Gasteiger partial charge in [-0.1, -0.05) is 0 Å². The number of nitrogen functional groups attached to an aromatic ring is 1. The van der Waals surface area contributed by atoms with Crippen molar-refractivity contribution < 1.29 is 4.79 Å². The van der Waals surface area contributed by atoms with Crippen LogP contribution in [0.15, 0.2) is 12.1 Å². The van der Waals surface area contributed by atoms with E-state index in [1.54, 1.807) is 19.1 Å². The second-order valence-corrected chi connectivity index (χ2v) is 4.95. The lowest BCUT2D eigenvalue weighted by atomic mass is 10.1. The molecule has 94 valence electrons. The van der Waals surface area contributed by atoms with Crippen LogP contribution in [-0.2, 0) is 4.79 Å². The Hall–Kier alpha value is -1.85. The number of amides is 1.